The predicted octanol–water partition coefficient (Wildman–Crippen LogP) is 11.0. The van der Waals surface area contributed by atoms with Crippen molar-refractivity contribution in [1.29, 1.82) is 0 Å². The highest BCUT2D eigenvalue weighted by atomic mass is 16.7. The molecule has 1 saturated carbocycles. The van der Waals surface area contributed by atoms with Crippen molar-refractivity contribution in [2.75, 3.05) is 40.2 Å². The minimum Gasteiger partial charge on any atom is -0.459 e. The second kappa shape index (κ2) is 26.0. The standard InChI is InChI=1S/C56H75N3O10/c1-4-6-7-8-9-10-11-12-13-19-30-57-55(63)68-43-27-29-48-46(36-43)52-44(25-18-21-32-61)41(24-17-20-31-60)34-45-47(58-67-38-40-22-15-14-16-23-40)37-51(56(69-48,53(45)52)66-33-5-2)59(3)54(62)42-26-28-49-50(35-42)65-39-64-49/h5,14-16,22-23,26-29,34-36,41,44,51-53,60-61H,2,4,6-13,17-21,24-25,30-33,37-39H2,1,3H3,(H,57,63). The van der Waals surface area contributed by atoms with E-state index in [0.29, 0.717) is 53.7 Å². The zero-order valence-electron chi connectivity index (χ0n) is 40.9. The van der Waals surface area contributed by atoms with Crippen LogP contribution in [0.25, 0.3) is 0 Å². The van der Waals surface area contributed by atoms with Crippen LogP contribution in [0.1, 0.15) is 143 Å². The van der Waals surface area contributed by atoms with E-state index >= 15 is 0 Å². The van der Waals surface area contributed by atoms with E-state index in [0.717, 1.165) is 61.6 Å². The lowest BCUT2D eigenvalue weighted by atomic mass is 9.55. The first-order chi connectivity index (χ1) is 33.8. The molecular weight excluding hydrogens is 875 g/mol. The average molecular weight is 950 g/mol. The van der Waals surface area contributed by atoms with Crippen molar-refractivity contribution in [2.45, 2.75) is 140 Å². The van der Waals surface area contributed by atoms with Gasteiger partial charge in [0.2, 0.25) is 12.6 Å². The Bertz CT molecular complexity index is 2200. The topological polar surface area (TPSA) is 158 Å². The van der Waals surface area contributed by atoms with Crippen molar-refractivity contribution in [1.82, 2.24) is 10.2 Å². The molecule has 6 atom stereocenters. The number of nitrogens with zero attached hydrogens (tertiary/aromatic N) is 2. The first-order valence-electron chi connectivity index (χ1n) is 25.7. The Hall–Kier alpha value is -5.37. The number of aliphatic hydroxyl groups is 2. The van der Waals surface area contributed by atoms with E-state index in [-0.39, 0.29) is 63.3 Å². The molecular formula is C56H75N3O10. The number of unbranched alkanes of at least 4 members (excludes halogenated alkanes) is 11. The maximum atomic E-state index is 14.8. The molecule has 0 aromatic heterocycles. The summed E-state index contributed by atoms with van der Waals surface area (Å²) >= 11 is 0. The lowest BCUT2D eigenvalue weighted by molar-refractivity contribution is -0.252. The van der Waals surface area contributed by atoms with Gasteiger partial charge in [0.25, 0.3) is 5.91 Å². The largest absolute Gasteiger partial charge is 0.459 e. The number of nitrogens with one attached hydrogen (secondary N) is 1. The summed E-state index contributed by atoms with van der Waals surface area (Å²) in [6.45, 7) is 7.41. The van der Waals surface area contributed by atoms with Crippen LogP contribution in [0, 0.1) is 17.8 Å². The molecule has 2 amide bonds. The quantitative estimate of drug-likeness (QED) is 0.0363. The normalized spacial score (nSPS) is 22.5. The second-order valence-corrected chi connectivity index (χ2v) is 19.0. The lowest BCUT2D eigenvalue weighted by Crippen LogP contribution is -2.69. The third-order valence-electron chi connectivity index (χ3n) is 14.3. The van der Waals surface area contributed by atoms with Gasteiger partial charge in [-0.25, -0.2) is 4.79 Å². The van der Waals surface area contributed by atoms with Crippen molar-refractivity contribution >= 4 is 17.7 Å². The maximum absolute atomic E-state index is 14.8. The van der Waals surface area contributed by atoms with Crippen LogP contribution in [-0.4, -0.2) is 84.9 Å². The molecule has 2 aliphatic heterocycles. The summed E-state index contributed by atoms with van der Waals surface area (Å²) in [6, 6.07) is 19.8. The number of likely N-dealkylation sites (N-methyl/N-ethyl adjacent to an activating group) is 1. The predicted molar refractivity (Wildman–Crippen MR) is 267 cm³/mol. The summed E-state index contributed by atoms with van der Waals surface area (Å²) in [6.07, 6.45) is 20.3. The highest BCUT2D eigenvalue weighted by Gasteiger charge is 2.65. The van der Waals surface area contributed by atoms with Crippen LogP contribution in [0.3, 0.4) is 0 Å². The fourth-order valence-corrected chi connectivity index (χ4v) is 10.9. The Morgan fingerprint density at radius 3 is 2.30 bits per heavy atom. The van der Waals surface area contributed by atoms with E-state index in [1.54, 1.807) is 42.3 Å². The molecule has 6 unspecified atom stereocenters. The van der Waals surface area contributed by atoms with Gasteiger partial charge in [-0.05, 0) is 91.5 Å². The van der Waals surface area contributed by atoms with Gasteiger partial charge >= 0.3 is 6.09 Å². The molecule has 3 aromatic rings. The number of oxime groups is 1. The molecule has 13 heteroatoms. The van der Waals surface area contributed by atoms with E-state index in [1.165, 1.54) is 44.9 Å². The van der Waals surface area contributed by atoms with Crippen molar-refractivity contribution in [2.24, 2.45) is 22.9 Å². The molecule has 3 N–H and O–H groups in total. The first-order valence-corrected chi connectivity index (χ1v) is 25.7. The number of aliphatic hydroxyl groups excluding tert-OH is 2. The van der Waals surface area contributed by atoms with Crippen LogP contribution in [0.5, 0.6) is 23.0 Å². The van der Waals surface area contributed by atoms with Gasteiger partial charge in [0.05, 0.1) is 18.2 Å². The Balaban J connectivity index is 1.25. The zero-order valence-corrected chi connectivity index (χ0v) is 40.9. The minimum atomic E-state index is -1.45. The highest BCUT2D eigenvalue weighted by molar-refractivity contribution is 6.03. The van der Waals surface area contributed by atoms with E-state index in [1.807, 2.05) is 42.5 Å². The van der Waals surface area contributed by atoms with E-state index < -0.39 is 23.8 Å². The lowest BCUT2D eigenvalue weighted by Gasteiger charge is -2.59. The molecule has 13 nitrogen and oxygen atoms in total. The minimum absolute atomic E-state index is 0.00105. The number of fused-ring (bicyclic) bond motifs is 3. The fraction of sp³-hybridized carbons (Fsp3) is 0.554. The van der Waals surface area contributed by atoms with Gasteiger partial charge in [-0.1, -0.05) is 125 Å². The van der Waals surface area contributed by atoms with Crippen LogP contribution in [0.4, 0.5) is 4.79 Å². The van der Waals surface area contributed by atoms with Gasteiger partial charge in [0.15, 0.2) is 11.5 Å². The van der Waals surface area contributed by atoms with Gasteiger partial charge < -0.3 is 49.0 Å². The van der Waals surface area contributed by atoms with E-state index in [2.05, 4.69) is 24.9 Å². The van der Waals surface area contributed by atoms with Gasteiger partial charge in [-0.15, -0.1) is 6.58 Å². The third-order valence-corrected chi connectivity index (χ3v) is 14.3. The maximum Gasteiger partial charge on any atom is 0.412 e. The first kappa shape index (κ1) is 51.5. The summed E-state index contributed by atoms with van der Waals surface area (Å²) in [5.41, 5.74) is 3.83. The molecule has 2 heterocycles. The van der Waals surface area contributed by atoms with Crippen LogP contribution in [-0.2, 0) is 16.2 Å². The van der Waals surface area contributed by atoms with Crippen molar-refractivity contribution < 1.29 is 48.3 Å². The fourth-order valence-electron chi connectivity index (χ4n) is 10.9. The summed E-state index contributed by atoms with van der Waals surface area (Å²) in [7, 11) is 1.77. The summed E-state index contributed by atoms with van der Waals surface area (Å²) < 4.78 is 31.6. The van der Waals surface area contributed by atoms with Gasteiger partial charge in [-0.2, -0.15) is 0 Å². The van der Waals surface area contributed by atoms with E-state index in [4.69, 9.17) is 33.7 Å². The molecule has 2 aliphatic carbocycles. The Morgan fingerprint density at radius 2 is 1.57 bits per heavy atom. The van der Waals surface area contributed by atoms with Gasteiger partial charge in [-0.3, -0.25) is 4.79 Å². The number of ether oxygens (including phenoxy) is 5. The Kier molecular flexibility index (Phi) is 19.4. The third kappa shape index (κ3) is 12.9. The van der Waals surface area contributed by atoms with Crippen LogP contribution >= 0.6 is 0 Å². The molecule has 3 aromatic carbocycles. The number of benzene rings is 3. The number of hydrogen-bond donors (Lipinski definition) is 3. The van der Waals surface area contributed by atoms with Crippen molar-refractivity contribution in [3.8, 4) is 23.0 Å². The molecule has 374 valence electrons. The zero-order chi connectivity index (χ0) is 48.4. The summed E-state index contributed by atoms with van der Waals surface area (Å²) in [5.74, 6) is -0.469. The number of carbonyl (C=O) groups is 2. The molecule has 0 spiro atoms. The number of hydrogen-bond acceptors (Lipinski definition) is 11. The highest BCUT2D eigenvalue weighted by Crippen LogP contribution is 2.62. The molecule has 0 radical (unpaired) electrons. The Morgan fingerprint density at radius 1 is 0.855 bits per heavy atom. The van der Waals surface area contributed by atoms with Crippen molar-refractivity contribution in [3.05, 3.63) is 108 Å². The molecule has 0 bridgehead atoms. The molecule has 7 rings (SSSR count). The molecule has 0 saturated heterocycles. The second-order valence-electron chi connectivity index (χ2n) is 19.0. The molecule has 69 heavy (non-hydrogen) atoms. The monoisotopic (exact) mass is 950 g/mol. The number of carbonyl (C=O) groups excluding carboxylic acids is 2. The van der Waals surface area contributed by atoms with Crippen molar-refractivity contribution in [3.63, 3.8) is 0 Å². The molecule has 4 aliphatic rings. The van der Waals surface area contributed by atoms with Crippen LogP contribution in [0.2, 0.25) is 0 Å². The molecule has 1 fully saturated rings. The van der Waals surface area contributed by atoms with Crippen LogP contribution < -0.4 is 24.3 Å². The summed E-state index contributed by atoms with van der Waals surface area (Å²) in [5, 5.41) is 27.9. The Labute approximate surface area is 409 Å². The number of allylic oxidation sites excluding steroid dienone is 1. The smallest absolute Gasteiger partial charge is 0.412 e. The number of amides is 2. The van der Waals surface area contributed by atoms with Crippen LogP contribution in [0.15, 0.2) is 96.2 Å². The van der Waals surface area contributed by atoms with E-state index in [9.17, 15) is 19.8 Å². The average Bonchev–Trinajstić information content (AvgIpc) is 3.84. The SMILES string of the molecule is C=CCOC12Oc3ccc(OC(=O)NCCCCCCCCCCCC)cc3C3C(CCCCO)C(CCCCO)C=C(C(=NOCc4ccccc4)CC1N(C)C(=O)c1ccc4c(c1)OCO4)C32. The van der Waals surface area contributed by atoms with Gasteiger partial charge in [0, 0.05) is 50.3 Å². The number of rotatable bonds is 28. The van der Waals surface area contributed by atoms with Gasteiger partial charge in [0.1, 0.15) is 24.1 Å². The summed E-state index contributed by atoms with van der Waals surface area (Å²) in [4.78, 5) is 36.1.